The molecule has 0 saturated heterocycles. The highest BCUT2D eigenvalue weighted by atomic mass is 79.9. The summed E-state index contributed by atoms with van der Waals surface area (Å²) >= 11 is 3.29. The van der Waals surface area contributed by atoms with Crippen LogP contribution in [0.15, 0.2) is 24.3 Å². The molecule has 3 nitrogen and oxygen atoms in total. The Bertz CT molecular complexity index is 389. The van der Waals surface area contributed by atoms with Gasteiger partial charge >= 0.3 is 0 Å². The fourth-order valence-electron chi connectivity index (χ4n) is 1.03. The van der Waals surface area contributed by atoms with Crippen LogP contribution < -0.4 is 5.14 Å². The lowest BCUT2D eigenvalue weighted by Gasteiger charge is -2.00. The maximum atomic E-state index is 10.8. The molecule has 0 unspecified atom stereocenters. The van der Waals surface area contributed by atoms with Crippen LogP contribution >= 0.6 is 15.9 Å². The Morgan fingerprint density at radius 1 is 1.31 bits per heavy atom. The molecule has 2 N–H and O–H groups in total. The summed E-state index contributed by atoms with van der Waals surface area (Å²) in [7, 11) is -3.42. The standard InChI is InChI=1S/C8H10BrNO2S/c9-5-7-2-1-3-8(4-7)6-13(10,11)12/h1-4H,5-6H2,(H2,10,11,12). The zero-order valence-electron chi connectivity index (χ0n) is 6.90. The number of primary sulfonamides is 1. The van der Waals surface area contributed by atoms with Crippen molar-refractivity contribution >= 4 is 26.0 Å². The fourth-order valence-corrected chi connectivity index (χ4v) is 2.03. The zero-order valence-corrected chi connectivity index (χ0v) is 9.31. The van der Waals surface area contributed by atoms with Gasteiger partial charge in [-0.15, -0.1) is 0 Å². The van der Waals surface area contributed by atoms with Crippen molar-refractivity contribution < 1.29 is 8.42 Å². The van der Waals surface area contributed by atoms with Crippen LogP contribution in [-0.2, 0) is 21.1 Å². The molecule has 0 spiro atoms. The Morgan fingerprint density at radius 3 is 2.46 bits per heavy atom. The highest BCUT2D eigenvalue weighted by Crippen LogP contribution is 2.10. The Balaban J connectivity index is 2.90. The maximum Gasteiger partial charge on any atom is 0.213 e. The Kier molecular flexibility index (Phi) is 3.47. The number of alkyl halides is 1. The van der Waals surface area contributed by atoms with Gasteiger partial charge < -0.3 is 0 Å². The number of sulfonamides is 1. The van der Waals surface area contributed by atoms with E-state index in [-0.39, 0.29) is 5.75 Å². The van der Waals surface area contributed by atoms with Crippen molar-refractivity contribution in [3.05, 3.63) is 35.4 Å². The highest BCUT2D eigenvalue weighted by Gasteiger charge is 2.04. The summed E-state index contributed by atoms with van der Waals surface area (Å²) < 4.78 is 21.5. The second-order valence-corrected chi connectivity index (χ2v) is 4.94. The molecule has 5 heteroatoms. The molecular formula is C8H10BrNO2S. The summed E-state index contributed by atoms with van der Waals surface area (Å²) in [5.74, 6) is -0.103. The van der Waals surface area contributed by atoms with Crippen molar-refractivity contribution in [2.45, 2.75) is 11.1 Å². The predicted molar refractivity (Wildman–Crippen MR) is 55.9 cm³/mol. The lowest BCUT2D eigenvalue weighted by atomic mass is 10.2. The molecule has 0 aliphatic rings. The number of hydrogen-bond donors (Lipinski definition) is 1. The quantitative estimate of drug-likeness (QED) is 0.838. The van der Waals surface area contributed by atoms with Crippen LogP contribution in [0.4, 0.5) is 0 Å². The van der Waals surface area contributed by atoms with E-state index in [0.29, 0.717) is 5.33 Å². The summed E-state index contributed by atoms with van der Waals surface area (Å²) in [6.07, 6.45) is 0. The van der Waals surface area contributed by atoms with Crippen molar-refractivity contribution in [2.24, 2.45) is 5.14 Å². The summed E-state index contributed by atoms with van der Waals surface area (Å²) in [5, 5.41) is 5.63. The molecule has 0 atom stereocenters. The van der Waals surface area contributed by atoms with Gasteiger partial charge in [-0.3, -0.25) is 0 Å². The summed E-state index contributed by atoms with van der Waals surface area (Å²) in [4.78, 5) is 0. The third-order valence-corrected chi connectivity index (χ3v) is 2.90. The second kappa shape index (κ2) is 4.21. The Morgan fingerprint density at radius 2 is 1.92 bits per heavy atom. The van der Waals surface area contributed by atoms with E-state index >= 15 is 0 Å². The molecule has 0 radical (unpaired) electrons. The van der Waals surface area contributed by atoms with Gasteiger partial charge in [0, 0.05) is 5.33 Å². The minimum absolute atomic E-state index is 0.103. The second-order valence-electron chi connectivity index (χ2n) is 2.76. The van der Waals surface area contributed by atoms with Crippen LogP contribution in [0.3, 0.4) is 0 Å². The molecule has 1 rings (SSSR count). The van der Waals surface area contributed by atoms with E-state index < -0.39 is 10.0 Å². The molecule has 1 aromatic carbocycles. The van der Waals surface area contributed by atoms with Gasteiger partial charge in [0.2, 0.25) is 10.0 Å². The van der Waals surface area contributed by atoms with Gasteiger partial charge in [0.15, 0.2) is 0 Å². The van der Waals surface area contributed by atoms with E-state index in [1.165, 1.54) is 0 Å². The van der Waals surface area contributed by atoms with Gasteiger partial charge in [-0.2, -0.15) is 0 Å². The molecular weight excluding hydrogens is 254 g/mol. The third kappa shape index (κ3) is 3.89. The first-order valence-corrected chi connectivity index (χ1v) is 6.49. The van der Waals surface area contributed by atoms with Crippen LogP contribution in [0.5, 0.6) is 0 Å². The van der Waals surface area contributed by atoms with E-state index in [1.54, 1.807) is 6.07 Å². The van der Waals surface area contributed by atoms with Crippen LogP contribution in [0.2, 0.25) is 0 Å². The Hall–Kier alpha value is -0.390. The minimum atomic E-state index is -3.42. The van der Waals surface area contributed by atoms with Crippen LogP contribution in [0, 0.1) is 0 Å². The number of nitrogens with two attached hydrogens (primary N) is 1. The van der Waals surface area contributed by atoms with Gasteiger partial charge in [-0.25, -0.2) is 13.6 Å². The molecule has 0 aliphatic carbocycles. The molecule has 0 aromatic heterocycles. The third-order valence-electron chi connectivity index (χ3n) is 1.51. The molecule has 0 aliphatic heterocycles. The van der Waals surface area contributed by atoms with Crippen LogP contribution in [0.1, 0.15) is 11.1 Å². The van der Waals surface area contributed by atoms with Gasteiger partial charge in [-0.1, -0.05) is 40.2 Å². The molecule has 0 fully saturated rings. The first-order valence-electron chi connectivity index (χ1n) is 3.65. The normalized spacial score (nSPS) is 11.5. The molecule has 13 heavy (non-hydrogen) atoms. The topological polar surface area (TPSA) is 60.2 Å². The number of benzene rings is 1. The Labute approximate surface area is 86.1 Å². The molecule has 1 aromatic rings. The van der Waals surface area contributed by atoms with Crippen molar-refractivity contribution in [3.8, 4) is 0 Å². The monoisotopic (exact) mass is 263 g/mol. The van der Waals surface area contributed by atoms with Gasteiger partial charge in [0.25, 0.3) is 0 Å². The van der Waals surface area contributed by atoms with Crippen molar-refractivity contribution in [3.63, 3.8) is 0 Å². The van der Waals surface area contributed by atoms with Crippen LogP contribution in [-0.4, -0.2) is 8.42 Å². The lowest BCUT2D eigenvalue weighted by molar-refractivity contribution is 0.597. The van der Waals surface area contributed by atoms with E-state index in [2.05, 4.69) is 15.9 Å². The first kappa shape index (κ1) is 10.7. The number of halogens is 1. The van der Waals surface area contributed by atoms with Gasteiger partial charge in [-0.05, 0) is 11.1 Å². The van der Waals surface area contributed by atoms with Crippen LogP contribution in [0.25, 0.3) is 0 Å². The summed E-state index contributed by atoms with van der Waals surface area (Å²) in [6.45, 7) is 0. The average molecular weight is 264 g/mol. The largest absolute Gasteiger partial charge is 0.228 e. The maximum absolute atomic E-state index is 10.8. The minimum Gasteiger partial charge on any atom is -0.228 e. The SMILES string of the molecule is NS(=O)(=O)Cc1cccc(CBr)c1. The highest BCUT2D eigenvalue weighted by molar-refractivity contribution is 9.08. The summed E-state index contributed by atoms with van der Waals surface area (Å²) in [5.41, 5.74) is 1.76. The smallest absolute Gasteiger partial charge is 0.213 e. The lowest BCUT2D eigenvalue weighted by Crippen LogP contribution is -2.14. The fraction of sp³-hybridized carbons (Fsp3) is 0.250. The van der Waals surface area contributed by atoms with E-state index in [0.717, 1.165) is 11.1 Å². The first-order chi connectivity index (χ1) is 6.01. The molecule has 0 amide bonds. The molecule has 0 saturated carbocycles. The number of hydrogen-bond acceptors (Lipinski definition) is 2. The molecule has 0 heterocycles. The van der Waals surface area contributed by atoms with Crippen molar-refractivity contribution in [2.75, 3.05) is 0 Å². The van der Waals surface area contributed by atoms with Gasteiger partial charge in [0.1, 0.15) is 0 Å². The summed E-state index contributed by atoms with van der Waals surface area (Å²) in [6, 6.07) is 7.30. The average Bonchev–Trinajstić information content (AvgIpc) is 2.01. The van der Waals surface area contributed by atoms with Crippen molar-refractivity contribution in [1.29, 1.82) is 0 Å². The van der Waals surface area contributed by atoms with Gasteiger partial charge in [0.05, 0.1) is 5.75 Å². The van der Waals surface area contributed by atoms with E-state index in [1.807, 2.05) is 18.2 Å². The van der Waals surface area contributed by atoms with E-state index in [9.17, 15) is 8.42 Å². The zero-order chi connectivity index (χ0) is 9.90. The molecule has 0 bridgehead atoms. The van der Waals surface area contributed by atoms with E-state index in [4.69, 9.17) is 5.14 Å². The molecule has 72 valence electrons. The van der Waals surface area contributed by atoms with Crippen molar-refractivity contribution in [1.82, 2.24) is 0 Å². The predicted octanol–water partition coefficient (Wildman–Crippen LogP) is 1.37. The number of rotatable bonds is 3.